The number of para-hydroxylation sites is 1. The van der Waals surface area contributed by atoms with E-state index in [1.165, 1.54) is 6.42 Å². The second kappa shape index (κ2) is 5.01. The zero-order valence-electron chi connectivity index (χ0n) is 10.4. The van der Waals surface area contributed by atoms with Gasteiger partial charge in [-0.3, -0.25) is 4.79 Å². The predicted molar refractivity (Wildman–Crippen MR) is 67.3 cm³/mol. The summed E-state index contributed by atoms with van der Waals surface area (Å²) >= 11 is 0. The van der Waals surface area contributed by atoms with Gasteiger partial charge in [0, 0.05) is 5.56 Å². The molecule has 18 heavy (non-hydrogen) atoms. The Morgan fingerprint density at radius 1 is 1.17 bits per heavy atom. The molecule has 0 radical (unpaired) electrons. The van der Waals surface area contributed by atoms with Crippen LogP contribution >= 0.6 is 0 Å². The molecule has 0 spiro atoms. The lowest BCUT2D eigenvalue weighted by molar-refractivity contribution is -0.156. The molecule has 1 heterocycles. The summed E-state index contributed by atoms with van der Waals surface area (Å²) in [5.41, 5.74) is 1.00. The normalized spacial score (nSPS) is 23.2. The molecule has 1 aromatic rings. The Labute approximate surface area is 107 Å². The largest absolute Gasteiger partial charge is 0.489 e. The second-order valence-corrected chi connectivity index (χ2v) is 5.11. The third kappa shape index (κ3) is 2.22. The Balaban J connectivity index is 1.65. The molecule has 1 unspecified atom stereocenters. The lowest BCUT2D eigenvalue weighted by Gasteiger charge is -2.21. The van der Waals surface area contributed by atoms with Crippen LogP contribution < -0.4 is 4.74 Å². The number of ether oxygens (including phenoxy) is 2. The number of carbonyl (C=O) groups is 1. The van der Waals surface area contributed by atoms with Crippen molar-refractivity contribution in [1.29, 1.82) is 0 Å². The van der Waals surface area contributed by atoms with Crippen LogP contribution in [0, 0.1) is 5.92 Å². The molecule has 0 N–H and O–H groups in total. The van der Waals surface area contributed by atoms with Crippen molar-refractivity contribution in [2.45, 2.75) is 38.2 Å². The van der Waals surface area contributed by atoms with Crippen LogP contribution in [-0.4, -0.2) is 12.6 Å². The monoisotopic (exact) mass is 246 g/mol. The van der Waals surface area contributed by atoms with Gasteiger partial charge < -0.3 is 9.47 Å². The zero-order chi connectivity index (χ0) is 12.4. The topological polar surface area (TPSA) is 35.5 Å². The number of rotatable bonds is 2. The van der Waals surface area contributed by atoms with Crippen LogP contribution in [0.3, 0.4) is 0 Å². The molecule has 1 atom stereocenters. The van der Waals surface area contributed by atoms with E-state index in [1.54, 1.807) is 0 Å². The van der Waals surface area contributed by atoms with Crippen molar-refractivity contribution in [3.05, 3.63) is 29.8 Å². The molecule has 2 aliphatic rings. The standard InChI is InChI=1S/C15H18O3/c16-15(11-6-2-1-3-7-11)18-14-10-17-13-9-5-4-8-12(13)14/h4-5,8-9,11,14H,1-3,6-7,10H2. The first-order valence-electron chi connectivity index (χ1n) is 6.77. The van der Waals surface area contributed by atoms with E-state index in [1.807, 2.05) is 24.3 Å². The highest BCUT2D eigenvalue weighted by Gasteiger charge is 2.30. The van der Waals surface area contributed by atoms with Gasteiger partial charge in [-0.1, -0.05) is 37.5 Å². The highest BCUT2D eigenvalue weighted by molar-refractivity contribution is 5.73. The molecule has 0 bridgehead atoms. The van der Waals surface area contributed by atoms with Crippen molar-refractivity contribution in [2.75, 3.05) is 6.61 Å². The van der Waals surface area contributed by atoms with Gasteiger partial charge >= 0.3 is 5.97 Å². The minimum absolute atomic E-state index is 0.0417. The minimum atomic E-state index is -0.212. The molecule has 3 heteroatoms. The van der Waals surface area contributed by atoms with Gasteiger partial charge in [0.25, 0.3) is 0 Å². The molecule has 96 valence electrons. The van der Waals surface area contributed by atoms with E-state index in [4.69, 9.17) is 9.47 Å². The van der Waals surface area contributed by atoms with Gasteiger partial charge in [-0.15, -0.1) is 0 Å². The number of esters is 1. The number of hydrogen-bond donors (Lipinski definition) is 0. The van der Waals surface area contributed by atoms with Crippen molar-refractivity contribution in [1.82, 2.24) is 0 Å². The predicted octanol–water partition coefficient (Wildman–Crippen LogP) is 3.24. The first-order valence-corrected chi connectivity index (χ1v) is 6.77. The molecular weight excluding hydrogens is 228 g/mol. The Hall–Kier alpha value is -1.51. The van der Waals surface area contributed by atoms with Crippen LogP contribution in [0.4, 0.5) is 0 Å². The average molecular weight is 246 g/mol. The maximum atomic E-state index is 12.1. The summed E-state index contributed by atoms with van der Waals surface area (Å²) in [5, 5.41) is 0. The smallest absolute Gasteiger partial charge is 0.309 e. The first-order chi connectivity index (χ1) is 8.84. The van der Waals surface area contributed by atoms with E-state index >= 15 is 0 Å². The summed E-state index contributed by atoms with van der Waals surface area (Å²) in [4.78, 5) is 12.1. The zero-order valence-corrected chi connectivity index (χ0v) is 10.4. The average Bonchev–Trinajstić information content (AvgIpc) is 2.83. The van der Waals surface area contributed by atoms with Gasteiger partial charge in [0.05, 0.1) is 5.92 Å². The molecule has 1 saturated carbocycles. The molecule has 1 aromatic carbocycles. The van der Waals surface area contributed by atoms with Gasteiger partial charge in [0.2, 0.25) is 0 Å². The van der Waals surface area contributed by atoms with E-state index in [0.29, 0.717) is 6.61 Å². The molecule has 1 aliphatic heterocycles. The van der Waals surface area contributed by atoms with Crippen molar-refractivity contribution >= 4 is 5.97 Å². The maximum absolute atomic E-state index is 12.1. The van der Waals surface area contributed by atoms with Gasteiger partial charge in [0.15, 0.2) is 6.10 Å². The van der Waals surface area contributed by atoms with Crippen molar-refractivity contribution in [2.24, 2.45) is 5.92 Å². The molecule has 0 amide bonds. The summed E-state index contributed by atoms with van der Waals surface area (Å²) in [6.45, 7) is 0.456. The van der Waals surface area contributed by atoms with Crippen LogP contribution in [-0.2, 0) is 9.53 Å². The van der Waals surface area contributed by atoms with E-state index in [-0.39, 0.29) is 18.0 Å². The van der Waals surface area contributed by atoms with Crippen LogP contribution in [0.15, 0.2) is 24.3 Å². The van der Waals surface area contributed by atoms with Crippen LogP contribution in [0.2, 0.25) is 0 Å². The van der Waals surface area contributed by atoms with E-state index < -0.39 is 0 Å². The van der Waals surface area contributed by atoms with E-state index in [9.17, 15) is 4.79 Å². The summed E-state index contributed by atoms with van der Waals surface area (Å²) in [5.74, 6) is 0.908. The van der Waals surface area contributed by atoms with Gasteiger partial charge in [-0.25, -0.2) is 0 Å². The fourth-order valence-electron chi connectivity index (χ4n) is 2.81. The van der Waals surface area contributed by atoms with E-state index in [0.717, 1.165) is 37.0 Å². The number of benzene rings is 1. The van der Waals surface area contributed by atoms with E-state index in [2.05, 4.69) is 0 Å². The quantitative estimate of drug-likeness (QED) is 0.751. The maximum Gasteiger partial charge on any atom is 0.309 e. The fraction of sp³-hybridized carbons (Fsp3) is 0.533. The van der Waals surface area contributed by atoms with Gasteiger partial charge in [0.1, 0.15) is 12.4 Å². The Morgan fingerprint density at radius 2 is 1.94 bits per heavy atom. The lowest BCUT2D eigenvalue weighted by atomic mass is 9.89. The molecular formula is C15H18O3. The Morgan fingerprint density at radius 3 is 2.78 bits per heavy atom. The molecule has 1 fully saturated rings. The molecule has 3 rings (SSSR count). The summed E-state index contributed by atoms with van der Waals surface area (Å²) in [6, 6.07) is 7.78. The summed E-state index contributed by atoms with van der Waals surface area (Å²) in [6.07, 6.45) is 5.30. The highest BCUT2D eigenvalue weighted by atomic mass is 16.6. The Bertz CT molecular complexity index is 435. The Kier molecular flexibility index (Phi) is 3.22. The molecule has 3 nitrogen and oxygen atoms in total. The summed E-state index contributed by atoms with van der Waals surface area (Å²) in [7, 11) is 0. The molecule has 0 aromatic heterocycles. The number of carbonyl (C=O) groups excluding carboxylic acids is 1. The van der Waals surface area contributed by atoms with Crippen molar-refractivity contribution in [3.8, 4) is 5.75 Å². The first kappa shape index (κ1) is 11.6. The third-order valence-electron chi connectivity index (χ3n) is 3.85. The third-order valence-corrected chi connectivity index (χ3v) is 3.85. The van der Waals surface area contributed by atoms with Crippen LogP contribution in [0.25, 0.3) is 0 Å². The van der Waals surface area contributed by atoms with Gasteiger partial charge in [-0.2, -0.15) is 0 Å². The minimum Gasteiger partial charge on any atom is -0.489 e. The SMILES string of the molecule is O=C(OC1COc2ccccc21)C1CCCCC1. The highest BCUT2D eigenvalue weighted by Crippen LogP contribution is 2.35. The second-order valence-electron chi connectivity index (χ2n) is 5.11. The lowest BCUT2D eigenvalue weighted by Crippen LogP contribution is -2.23. The van der Waals surface area contributed by atoms with Crippen LogP contribution in [0.5, 0.6) is 5.75 Å². The van der Waals surface area contributed by atoms with Gasteiger partial charge in [-0.05, 0) is 18.9 Å². The van der Waals surface area contributed by atoms with Crippen molar-refractivity contribution in [3.63, 3.8) is 0 Å². The van der Waals surface area contributed by atoms with Crippen molar-refractivity contribution < 1.29 is 14.3 Å². The fourth-order valence-corrected chi connectivity index (χ4v) is 2.81. The van der Waals surface area contributed by atoms with Crippen LogP contribution in [0.1, 0.15) is 43.8 Å². The molecule has 0 saturated heterocycles. The summed E-state index contributed by atoms with van der Waals surface area (Å²) < 4.78 is 11.1. The molecule has 1 aliphatic carbocycles. The number of fused-ring (bicyclic) bond motifs is 1. The number of hydrogen-bond acceptors (Lipinski definition) is 3.